The standard InChI is InChI=1S/C16H27NO2/c1-12(2)16(17-11-13(3)9-10-18)14-5-7-15(19-4)8-6-14/h5-8,12-13,16-18H,9-11H2,1-4H3. The molecule has 0 aliphatic heterocycles. The van der Waals surface area contributed by atoms with E-state index in [9.17, 15) is 0 Å². The Morgan fingerprint density at radius 2 is 1.79 bits per heavy atom. The minimum absolute atomic E-state index is 0.262. The SMILES string of the molecule is COc1ccc(C(NCC(C)CCO)C(C)C)cc1. The third-order valence-electron chi connectivity index (χ3n) is 3.45. The van der Waals surface area contributed by atoms with Crippen LogP contribution in [0.15, 0.2) is 24.3 Å². The first kappa shape index (κ1) is 16.0. The lowest BCUT2D eigenvalue weighted by molar-refractivity contribution is 0.254. The van der Waals surface area contributed by atoms with Crippen LogP contribution in [0.2, 0.25) is 0 Å². The molecule has 0 radical (unpaired) electrons. The molecule has 0 saturated heterocycles. The third-order valence-corrected chi connectivity index (χ3v) is 3.45. The number of aliphatic hydroxyl groups is 1. The maximum atomic E-state index is 8.94. The maximum absolute atomic E-state index is 8.94. The number of ether oxygens (including phenoxy) is 1. The minimum atomic E-state index is 0.262. The zero-order valence-electron chi connectivity index (χ0n) is 12.5. The number of benzene rings is 1. The van der Waals surface area contributed by atoms with Gasteiger partial charge in [0.25, 0.3) is 0 Å². The van der Waals surface area contributed by atoms with Crippen LogP contribution in [0.1, 0.15) is 38.8 Å². The number of aliphatic hydroxyl groups excluding tert-OH is 1. The first-order valence-corrected chi connectivity index (χ1v) is 7.06. The van der Waals surface area contributed by atoms with Crippen LogP contribution in [0.5, 0.6) is 5.75 Å². The molecule has 3 nitrogen and oxygen atoms in total. The van der Waals surface area contributed by atoms with Gasteiger partial charge in [-0.15, -0.1) is 0 Å². The van der Waals surface area contributed by atoms with Gasteiger partial charge in [-0.1, -0.05) is 32.9 Å². The van der Waals surface area contributed by atoms with Gasteiger partial charge >= 0.3 is 0 Å². The van der Waals surface area contributed by atoms with Crippen molar-refractivity contribution in [3.8, 4) is 5.75 Å². The second-order valence-corrected chi connectivity index (χ2v) is 5.52. The second-order valence-electron chi connectivity index (χ2n) is 5.52. The van der Waals surface area contributed by atoms with Crippen molar-refractivity contribution in [2.45, 2.75) is 33.2 Å². The highest BCUT2D eigenvalue weighted by Crippen LogP contribution is 2.24. The summed E-state index contributed by atoms with van der Waals surface area (Å²) in [6, 6.07) is 8.58. The van der Waals surface area contributed by atoms with Crippen LogP contribution in [-0.4, -0.2) is 25.4 Å². The van der Waals surface area contributed by atoms with Crippen molar-refractivity contribution < 1.29 is 9.84 Å². The molecule has 0 aliphatic rings. The molecule has 2 N–H and O–H groups in total. The highest BCUT2D eigenvalue weighted by molar-refractivity contribution is 5.29. The van der Waals surface area contributed by atoms with Crippen LogP contribution in [-0.2, 0) is 0 Å². The Kier molecular flexibility index (Phi) is 6.89. The summed E-state index contributed by atoms with van der Waals surface area (Å²) in [6.45, 7) is 7.79. The molecule has 19 heavy (non-hydrogen) atoms. The first-order chi connectivity index (χ1) is 9.08. The van der Waals surface area contributed by atoms with Crippen molar-refractivity contribution in [1.82, 2.24) is 5.32 Å². The van der Waals surface area contributed by atoms with E-state index >= 15 is 0 Å². The second kappa shape index (κ2) is 8.18. The predicted octanol–water partition coefficient (Wildman–Crippen LogP) is 3.00. The summed E-state index contributed by atoms with van der Waals surface area (Å²) in [5.41, 5.74) is 1.28. The summed E-state index contributed by atoms with van der Waals surface area (Å²) in [5, 5.41) is 12.5. The summed E-state index contributed by atoms with van der Waals surface area (Å²) in [4.78, 5) is 0. The average Bonchev–Trinajstić information content (AvgIpc) is 2.39. The Bertz CT molecular complexity index is 348. The topological polar surface area (TPSA) is 41.5 Å². The van der Waals surface area contributed by atoms with E-state index in [0.29, 0.717) is 17.9 Å². The number of hydrogen-bond acceptors (Lipinski definition) is 3. The van der Waals surface area contributed by atoms with Crippen molar-refractivity contribution in [2.24, 2.45) is 11.8 Å². The number of methoxy groups -OCH3 is 1. The van der Waals surface area contributed by atoms with Crippen LogP contribution in [0.3, 0.4) is 0 Å². The Morgan fingerprint density at radius 1 is 1.16 bits per heavy atom. The molecule has 0 aliphatic carbocycles. The van der Waals surface area contributed by atoms with Crippen LogP contribution in [0.25, 0.3) is 0 Å². The summed E-state index contributed by atoms with van der Waals surface area (Å²) in [6.07, 6.45) is 0.848. The molecular formula is C16H27NO2. The lowest BCUT2D eigenvalue weighted by Gasteiger charge is -2.25. The molecule has 1 aromatic rings. The van der Waals surface area contributed by atoms with E-state index in [2.05, 4.69) is 38.2 Å². The van der Waals surface area contributed by atoms with Gasteiger partial charge < -0.3 is 15.2 Å². The molecule has 0 spiro atoms. The van der Waals surface area contributed by atoms with Crippen LogP contribution >= 0.6 is 0 Å². The molecule has 0 aromatic heterocycles. The van der Waals surface area contributed by atoms with Crippen molar-refractivity contribution in [3.05, 3.63) is 29.8 Å². The molecule has 3 heteroatoms. The van der Waals surface area contributed by atoms with E-state index in [1.807, 2.05) is 12.1 Å². The largest absolute Gasteiger partial charge is 0.497 e. The third kappa shape index (κ3) is 5.21. The zero-order chi connectivity index (χ0) is 14.3. The fraction of sp³-hybridized carbons (Fsp3) is 0.625. The van der Waals surface area contributed by atoms with Gasteiger partial charge in [0, 0.05) is 12.6 Å². The Hall–Kier alpha value is -1.06. The van der Waals surface area contributed by atoms with E-state index < -0.39 is 0 Å². The molecule has 0 bridgehead atoms. The predicted molar refractivity (Wildman–Crippen MR) is 79.4 cm³/mol. The molecule has 1 rings (SSSR count). The first-order valence-electron chi connectivity index (χ1n) is 7.06. The summed E-state index contributed by atoms with van der Waals surface area (Å²) < 4.78 is 5.19. The van der Waals surface area contributed by atoms with Gasteiger partial charge in [-0.25, -0.2) is 0 Å². The van der Waals surface area contributed by atoms with Crippen molar-refractivity contribution in [1.29, 1.82) is 0 Å². The van der Waals surface area contributed by atoms with Crippen molar-refractivity contribution >= 4 is 0 Å². The van der Waals surface area contributed by atoms with Gasteiger partial charge in [0.2, 0.25) is 0 Å². The summed E-state index contributed by atoms with van der Waals surface area (Å²) in [7, 11) is 1.68. The molecule has 0 fully saturated rings. The summed E-state index contributed by atoms with van der Waals surface area (Å²) >= 11 is 0. The van der Waals surface area contributed by atoms with E-state index in [4.69, 9.17) is 9.84 Å². The van der Waals surface area contributed by atoms with Crippen LogP contribution < -0.4 is 10.1 Å². The van der Waals surface area contributed by atoms with Gasteiger partial charge in [-0.3, -0.25) is 0 Å². The normalized spacial score (nSPS) is 14.4. The molecule has 2 atom stereocenters. The highest BCUT2D eigenvalue weighted by Gasteiger charge is 2.16. The molecule has 0 heterocycles. The molecule has 108 valence electrons. The minimum Gasteiger partial charge on any atom is -0.497 e. The lowest BCUT2D eigenvalue weighted by Crippen LogP contribution is -2.30. The Labute approximate surface area is 117 Å². The van der Waals surface area contributed by atoms with Crippen LogP contribution in [0.4, 0.5) is 0 Å². The number of nitrogens with one attached hydrogen (secondary N) is 1. The van der Waals surface area contributed by atoms with Gasteiger partial charge in [0.1, 0.15) is 5.75 Å². The molecule has 0 saturated carbocycles. The molecule has 1 aromatic carbocycles. The maximum Gasteiger partial charge on any atom is 0.118 e. The average molecular weight is 265 g/mol. The molecule has 2 unspecified atom stereocenters. The lowest BCUT2D eigenvalue weighted by atomic mass is 9.95. The molecular weight excluding hydrogens is 238 g/mol. The Balaban J connectivity index is 2.65. The van der Waals surface area contributed by atoms with Gasteiger partial charge in [-0.2, -0.15) is 0 Å². The van der Waals surface area contributed by atoms with Gasteiger partial charge in [-0.05, 0) is 42.5 Å². The zero-order valence-corrected chi connectivity index (χ0v) is 12.5. The fourth-order valence-corrected chi connectivity index (χ4v) is 2.20. The van der Waals surface area contributed by atoms with E-state index in [0.717, 1.165) is 18.7 Å². The fourth-order valence-electron chi connectivity index (χ4n) is 2.20. The van der Waals surface area contributed by atoms with Gasteiger partial charge in [0.05, 0.1) is 7.11 Å². The number of hydrogen-bond donors (Lipinski definition) is 2. The molecule has 0 amide bonds. The van der Waals surface area contributed by atoms with E-state index in [1.54, 1.807) is 7.11 Å². The quantitative estimate of drug-likeness (QED) is 0.759. The summed E-state index contributed by atoms with van der Waals surface area (Å²) in [5.74, 6) is 1.90. The van der Waals surface area contributed by atoms with Crippen molar-refractivity contribution in [3.63, 3.8) is 0 Å². The van der Waals surface area contributed by atoms with E-state index in [-0.39, 0.29) is 6.61 Å². The number of rotatable bonds is 8. The highest BCUT2D eigenvalue weighted by atomic mass is 16.5. The van der Waals surface area contributed by atoms with Crippen molar-refractivity contribution in [2.75, 3.05) is 20.3 Å². The van der Waals surface area contributed by atoms with Crippen LogP contribution in [0, 0.1) is 11.8 Å². The monoisotopic (exact) mass is 265 g/mol. The van der Waals surface area contributed by atoms with E-state index in [1.165, 1.54) is 5.56 Å². The van der Waals surface area contributed by atoms with Gasteiger partial charge in [0.15, 0.2) is 0 Å². The smallest absolute Gasteiger partial charge is 0.118 e. The Morgan fingerprint density at radius 3 is 2.26 bits per heavy atom.